The lowest BCUT2D eigenvalue weighted by molar-refractivity contribution is 0.274. The summed E-state index contributed by atoms with van der Waals surface area (Å²) in [5.41, 5.74) is 8.03. The first kappa shape index (κ1) is 15.9. The van der Waals surface area contributed by atoms with Gasteiger partial charge in [-0.25, -0.2) is 13.3 Å². The summed E-state index contributed by atoms with van der Waals surface area (Å²) >= 11 is 0. The molecular weight excluding hydrogens is 314 g/mol. The Hall–Kier alpha value is -2.96. The van der Waals surface area contributed by atoms with Crippen LogP contribution in [0.4, 0.5) is 8.78 Å². The number of nitrogens with zero attached hydrogens (tertiary/aromatic N) is 2. The van der Waals surface area contributed by atoms with Crippen LogP contribution in [-0.2, 0) is 6.61 Å². The minimum atomic E-state index is -0.667. The molecule has 0 spiro atoms. The van der Waals surface area contributed by atoms with E-state index in [1.807, 2.05) is 13.0 Å². The van der Waals surface area contributed by atoms with Crippen molar-refractivity contribution in [2.45, 2.75) is 20.5 Å². The van der Waals surface area contributed by atoms with Crippen LogP contribution < -0.4 is 10.5 Å². The van der Waals surface area contributed by atoms with E-state index in [1.54, 1.807) is 13.0 Å². The van der Waals surface area contributed by atoms with Crippen LogP contribution in [0, 0.1) is 30.9 Å². The van der Waals surface area contributed by atoms with E-state index in [2.05, 4.69) is 5.10 Å². The van der Waals surface area contributed by atoms with Crippen LogP contribution in [0.2, 0.25) is 0 Å². The van der Waals surface area contributed by atoms with Crippen molar-refractivity contribution in [3.63, 3.8) is 0 Å². The molecule has 3 aromatic rings. The molecule has 0 saturated carbocycles. The molecule has 3 rings (SSSR count). The smallest absolute Gasteiger partial charge is 0.215 e. The van der Waals surface area contributed by atoms with Gasteiger partial charge < -0.3 is 10.5 Å². The quantitative estimate of drug-likeness (QED) is 0.570. The molecule has 0 saturated heterocycles. The maximum atomic E-state index is 13.7. The molecule has 0 radical (unpaired) electrons. The number of nitrogens with one attached hydrogen (secondary N) is 1. The SMILES string of the molecule is Cc1cc(OCc2c(F)cccc2F)n2nc(C)c(C(=N)N)c2c1. The van der Waals surface area contributed by atoms with Crippen LogP contribution in [0.25, 0.3) is 5.52 Å². The lowest BCUT2D eigenvalue weighted by Gasteiger charge is -2.11. The zero-order valence-corrected chi connectivity index (χ0v) is 13.2. The molecule has 5 nitrogen and oxygen atoms in total. The van der Waals surface area contributed by atoms with E-state index < -0.39 is 11.6 Å². The normalized spacial score (nSPS) is 11.0. The molecule has 0 atom stereocenters. The average Bonchev–Trinajstić information content (AvgIpc) is 2.82. The number of aromatic nitrogens is 2. The third-order valence-electron chi connectivity index (χ3n) is 3.72. The van der Waals surface area contributed by atoms with Crippen LogP contribution >= 0.6 is 0 Å². The summed E-state index contributed by atoms with van der Waals surface area (Å²) in [6.45, 7) is 3.31. The third-order valence-corrected chi connectivity index (χ3v) is 3.72. The number of hydrogen-bond donors (Lipinski definition) is 2. The number of nitrogen functional groups attached to an aromatic ring is 1. The molecular formula is C17H16F2N4O. The Morgan fingerprint density at radius 3 is 2.54 bits per heavy atom. The number of nitrogens with two attached hydrogens (primary N) is 1. The average molecular weight is 330 g/mol. The van der Waals surface area contributed by atoms with Crippen LogP contribution in [0.5, 0.6) is 5.88 Å². The largest absolute Gasteiger partial charge is 0.473 e. The highest BCUT2D eigenvalue weighted by Crippen LogP contribution is 2.24. The standard InChI is InChI=1S/C17H16F2N4O/c1-9-6-14-16(17(20)21)10(2)22-23(14)15(7-9)24-8-11-12(18)4-3-5-13(11)19/h3-7H,8H2,1-2H3,(H3,20,21). The van der Waals surface area contributed by atoms with Crippen molar-refractivity contribution in [3.05, 3.63) is 64.4 Å². The highest BCUT2D eigenvalue weighted by Gasteiger charge is 2.16. The molecule has 0 aliphatic carbocycles. The van der Waals surface area contributed by atoms with Gasteiger partial charge in [0.05, 0.1) is 22.3 Å². The van der Waals surface area contributed by atoms with Crippen LogP contribution in [-0.4, -0.2) is 15.4 Å². The second kappa shape index (κ2) is 5.92. The molecule has 0 amide bonds. The van der Waals surface area contributed by atoms with Gasteiger partial charge in [0.2, 0.25) is 5.88 Å². The molecule has 2 heterocycles. The van der Waals surface area contributed by atoms with Crippen molar-refractivity contribution in [2.75, 3.05) is 0 Å². The molecule has 3 N–H and O–H groups in total. The summed E-state index contributed by atoms with van der Waals surface area (Å²) in [6.07, 6.45) is 0. The number of amidine groups is 1. The summed E-state index contributed by atoms with van der Waals surface area (Å²) in [4.78, 5) is 0. The molecule has 0 aliphatic heterocycles. The predicted octanol–water partition coefficient (Wildman–Crippen LogP) is 3.09. The van der Waals surface area contributed by atoms with E-state index in [1.165, 1.54) is 22.7 Å². The van der Waals surface area contributed by atoms with Crippen molar-refractivity contribution >= 4 is 11.4 Å². The minimum Gasteiger partial charge on any atom is -0.473 e. The van der Waals surface area contributed by atoms with E-state index in [-0.39, 0.29) is 18.0 Å². The molecule has 0 bridgehead atoms. The lowest BCUT2D eigenvalue weighted by atomic mass is 10.1. The molecule has 24 heavy (non-hydrogen) atoms. The minimum absolute atomic E-state index is 0.0980. The van der Waals surface area contributed by atoms with Gasteiger partial charge in [0.1, 0.15) is 24.1 Å². The predicted molar refractivity (Wildman–Crippen MR) is 86.4 cm³/mol. The fourth-order valence-electron chi connectivity index (χ4n) is 2.61. The molecule has 2 aromatic heterocycles. The number of aryl methyl sites for hydroxylation is 2. The van der Waals surface area contributed by atoms with Gasteiger partial charge in [0.25, 0.3) is 0 Å². The molecule has 7 heteroatoms. The van der Waals surface area contributed by atoms with Gasteiger partial charge in [0.15, 0.2) is 0 Å². The molecule has 0 aliphatic rings. The number of hydrogen-bond acceptors (Lipinski definition) is 3. The monoisotopic (exact) mass is 330 g/mol. The highest BCUT2D eigenvalue weighted by molar-refractivity contribution is 6.02. The Bertz CT molecular complexity index is 929. The Labute approximate surface area is 137 Å². The van der Waals surface area contributed by atoms with Gasteiger partial charge in [-0.15, -0.1) is 0 Å². The molecule has 0 unspecified atom stereocenters. The fourth-order valence-corrected chi connectivity index (χ4v) is 2.61. The van der Waals surface area contributed by atoms with Gasteiger partial charge in [-0.2, -0.15) is 5.10 Å². The van der Waals surface area contributed by atoms with Crippen molar-refractivity contribution in [1.29, 1.82) is 5.41 Å². The van der Waals surface area contributed by atoms with E-state index in [4.69, 9.17) is 15.9 Å². The maximum Gasteiger partial charge on any atom is 0.215 e. The van der Waals surface area contributed by atoms with Gasteiger partial charge in [-0.3, -0.25) is 5.41 Å². The fraction of sp³-hybridized carbons (Fsp3) is 0.176. The Morgan fingerprint density at radius 2 is 1.92 bits per heavy atom. The highest BCUT2D eigenvalue weighted by atomic mass is 19.1. The molecule has 124 valence electrons. The van der Waals surface area contributed by atoms with Gasteiger partial charge in [-0.1, -0.05) is 6.07 Å². The number of rotatable bonds is 4. The van der Waals surface area contributed by atoms with Crippen molar-refractivity contribution < 1.29 is 13.5 Å². The Morgan fingerprint density at radius 1 is 1.25 bits per heavy atom. The van der Waals surface area contributed by atoms with Gasteiger partial charge in [0, 0.05) is 6.07 Å². The second-order valence-corrected chi connectivity index (χ2v) is 5.53. The first-order valence-corrected chi connectivity index (χ1v) is 7.28. The zero-order chi connectivity index (χ0) is 17.4. The third kappa shape index (κ3) is 2.68. The van der Waals surface area contributed by atoms with E-state index in [9.17, 15) is 8.78 Å². The second-order valence-electron chi connectivity index (χ2n) is 5.53. The Balaban J connectivity index is 2.04. The van der Waals surface area contributed by atoms with E-state index in [0.29, 0.717) is 22.7 Å². The van der Waals surface area contributed by atoms with Crippen LogP contribution in [0.1, 0.15) is 22.4 Å². The zero-order valence-electron chi connectivity index (χ0n) is 13.2. The summed E-state index contributed by atoms with van der Waals surface area (Å²) < 4.78 is 34.6. The van der Waals surface area contributed by atoms with E-state index >= 15 is 0 Å². The first-order valence-electron chi connectivity index (χ1n) is 7.28. The van der Waals surface area contributed by atoms with Crippen molar-refractivity contribution in [3.8, 4) is 5.88 Å². The molecule has 0 fully saturated rings. The summed E-state index contributed by atoms with van der Waals surface area (Å²) in [6, 6.07) is 7.20. The summed E-state index contributed by atoms with van der Waals surface area (Å²) in [5, 5.41) is 12.0. The number of benzene rings is 1. The topological polar surface area (TPSA) is 76.4 Å². The van der Waals surface area contributed by atoms with Crippen molar-refractivity contribution in [1.82, 2.24) is 9.61 Å². The van der Waals surface area contributed by atoms with Gasteiger partial charge >= 0.3 is 0 Å². The first-order chi connectivity index (χ1) is 11.4. The molecule has 1 aromatic carbocycles. The van der Waals surface area contributed by atoms with Gasteiger partial charge in [-0.05, 0) is 37.6 Å². The number of pyridine rings is 1. The number of ether oxygens (including phenoxy) is 1. The van der Waals surface area contributed by atoms with E-state index in [0.717, 1.165) is 5.56 Å². The van der Waals surface area contributed by atoms with Crippen LogP contribution in [0.15, 0.2) is 30.3 Å². The van der Waals surface area contributed by atoms with Crippen molar-refractivity contribution in [2.24, 2.45) is 5.73 Å². The number of halogens is 2. The maximum absolute atomic E-state index is 13.7. The summed E-state index contributed by atoms with van der Waals surface area (Å²) in [7, 11) is 0. The summed E-state index contributed by atoms with van der Waals surface area (Å²) in [5.74, 6) is -1.11. The van der Waals surface area contributed by atoms with Crippen LogP contribution in [0.3, 0.4) is 0 Å². The number of fused-ring (bicyclic) bond motifs is 1. The Kier molecular flexibility index (Phi) is 3.92. The lowest BCUT2D eigenvalue weighted by Crippen LogP contribution is -2.12.